The number of carbonyl (C=O) groups is 1. The highest BCUT2D eigenvalue weighted by Crippen LogP contribution is 2.31. The lowest BCUT2D eigenvalue weighted by molar-refractivity contribution is 0.0898. The normalized spacial score (nSPS) is 19.7. The molecule has 0 radical (unpaired) electrons. The molecule has 2 aliphatic rings. The first-order valence-electron chi connectivity index (χ1n) is 10.2. The third-order valence-electron chi connectivity index (χ3n) is 5.97. The molecule has 1 saturated carbocycles. The van der Waals surface area contributed by atoms with Gasteiger partial charge in [-0.15, -0.1) is 0 Å². The van der Waals surface area contributed by atoms with Crippen molar-refractivity contribution in [2.24, 2.45) is 5.92 Å². The number of likely N-dealkylation sites (tertiary alicyclic amines) is 1. The number of nitrogens with one attached hydrogen (secondary N) is 2. The summed E-state index contributed by atoms with van der Waals surface area (Å²) in [4.78, 5) is 15.3. The molecule has 0 bridgehead atoms. The van der Waals surface area contributed by atoms with Gasteiger partial charge in [-0.05, 0) is 37.7 Å². The minimum Gasteiger partial charge on any atom is -0.496 e. The molecule has 6 heteroatoms. The van der Waals surface area contributed by atoms with E-state index < -0.39 is 0 Å². The zero-order chi connectivity index (χ0) is 19.2. The first-order chi connectivity index (χ1) is 13.1. The molecule has 0 atom stereocenters. The zero-order valence-corrected chi connectivity index (χ0v) is 17.3. The van der Waals surface area contributed by atoms with Crippen LogP contribution in [0.15, 0.2) is 12.1 Å². The van der Waals surface area contributed by atoms with E-state index in [1.165, 1.54) is 38.6 Å². The van der Waals surface area contributed by atoms with E-state index in [2.05, 4.69) is 15.5 Å². The third-order valence-corrected chi connectivity index (χ3v) is 6.28. The fraction of sp³-hybridized carbons (Fsp3) is 0.667. The number of ether oxygens (including phenoxy) is 1. The second kappa shape index (κ2) is 9.65. The minimum absolute atomic E-state index is 0.109. The maximum Gasteiger partial charge on any atom is 0.255 e. The van der Waals surface area contributed by atoms with Crippen LogP contribution in [0.25, 0.3) is 0 Å². The number of anilines is 1. The second-order valence-electron chi connectivity index (χ2n) is 7.83. The van der Waals surface area contributed by atoms with Crippen LogP contribution in [0.3, 0.4) is 0 Å². The number of hydrogen-bond acceptors (Lipinski definition) is 4. The van der Waals surface area contributed by atoms with Crippen molar-refractivity contribution in [2.75, 3.05) is 39.1 Å². The highest BCUT2D eigenvalue weighted by molar-refractivity contribution is 6.33. The molecule has 5 nitrogen and oxygen atoms in total. The Balaban J connectivity index is 1.52. The van der Waals surface area contributed by atoms with Crippen molar-refractivity contribution in [3.8, 4) is 5.75 Å². The van der Waals surface area contributed by atoms with Gasteiger partial charge < -0.3 is 20.3 Å². The molecule has 1 aromatic rings. The molecule has 1 aliphatic carbocycles. The van der Waals surface area contributed by atoms with E-state index in [1.807, 2.05) is 0 Å². The van der Waals surface area contributed by atoms with Gasteiger partial charge in [0.2, 0.25) is 0 Å². The Hall–Kier alpha value is -1.46. The van der Waals surface area contributed by atoms with Gasteiger partial charge in [0.25, 0.3) is 5.91 Å². The van der Waals surface area contributed by atoms with Gasteiger partial charge in [-0.2, -0.15) is 0 Å². The van der Waals surface area contributed by atoms with Gasteiger partial charge in [-0.25, -0.2) is 0 Å². The lowest BCUT2D eigenvalue weighted by Gasteiger charge is -2.35. The summed E-state index contributed by atoms with van der Waals surface area (Å²) in [6, 6.07) is 3.66. The van der Waals surface area contributed by atoms with Crippen molar-refractivity contribution in [2.45, 2.75) is 51.0 Å². The topological polar surface area (TPSA) is 53.6 Å². The Labute approximate surface area is 167 Å². The molecule has 3 rings (SSSR count). The molecule has 0 spiro atoms. The summed E-state index contributed by atoms with van der Waals surface area (Å²) in [5.74, 6) is 1.31. The van der Waals surface area contributed by atoms with E-state index in [-0.39, 0.29) is 11.9 Å². The Morgan fingerprint density at radius 3 is 2.52 bits per heavy atom. The number of hydrogen-bond donors (Lipinski definition) is 2. The Bertz CT molecular complexity index is 639. The first kappa shape index (κ1) is 20.3. The zero-order valence-electron chi connectivity index (χ0n) is 16.5. The summed E-state index contributed by atoms with van der Waals surface area (Å²) in [6.07, 6.45) is 8.99. The largest absolute Gasteiger partial charge is 0.496 e. The van der Waals surface area contributed by atoms with Crippen LogP contribution in [0, 0.1) is 5.92 Å². The number of carbonyl (C=O) groups excluding carboxylic acids is 1. The monoisotopic (exact) mass is 393 g/mol. The highest BCUT2D eigenvalue weighted by Gasteiger charge is 2.25. The van der Waals surface area contributed by atoms with Gasteiger partial charge in [-0.3, -0.25) is 4.79 Å². The van der Waals surface area contributed by atoms with E-state index in [1.54, 1.807) is 26.3 Å². The van der Waals surface area contributed by atoms with Crippen LogP contribution < -0.4 is 15.4 Å². The summed E-state index contributed by atoms with van der Waals surface area (Å²) in [5, 5.41) is 6.70. The number of nitrogens with zero attached hydrogens (tertiary/aromatic N) is 1. The molecular formula is C21H32ClN3O2. The van der Waals surface area contributed by atoms with Crippen molar-refractivity contribution in [3.05, 3.63) is 22.7 Å². The fourth-order valence-electron chi connectivity index (χ4n) is 4.35. The Morgan fingerprint density at radius 2 is 1.89 bits per heavy atom. The van der Waals surface area contributed by atoms with Crippen molar-refractivity contribution >= 4 is 23.2 Å². The molecule has 27 heavy (non-hydrogen) atoms. The molecule has 0 aromatic heterocycles. The average Bonchev–Trinajstić information content (AvgIpc) is 2.70. The molecule has 1 aliphatic heterocycles. The molecule has 150 valence electrons. The van der Waals surface area contributed by atoms with Crippen LogP contribution >= 0.6 is 11.6 Å². The van der Waals surface area contributed by atoms with Crippen LogP contribution in [-0.4, -0.2) is 50.6 Å². The van der Waals surface area contributed by atoms with E-state index in [4.69, 9.17) is 16.3 Å². The van der Waals surface area contributed by atoms with E-state index in [0.29, 0.717) is 16.3 Å². The number of piperidine rings is 1. The Kier molecular flexibility index (Phi) is 7.25. The lowest BCUT2D eigenvalue weighted by Crippen LogP contribution is -2.46. The number of amides is 1. The second-order valence-corrected chi connectivity index (χ2v) is 8.24. The molecular weight excluding hydrogens is 362 g/mol. The summed E-state index contributed by atoms with van der Waals surface area (Å²) in [7, 11) is 3.37. The average molecular weight is 394 g/mol. The number of methoxy groups -OCH3 is 1. The summed E-state index contributed by atoms with van der Waals surface area (Å²) >= 11 is 6.25. The van der Waals surface area contributed by atoms with E-state index >= 15 is 0 Å². The molecule has 1 amide bonds. The predicted octanol–water partition coefficient (Wildman–Crippen LogP) is 4.16. The van der Waals surface area contributed by atoms with Gasteiger partial charge in [0.15, 0.2) is 0 Å². The van der Waals surface area contributed by atoms with E-state index in [0.717, 1.165) is 37.5 Å². The number of benzene rings is 1. The van der Waals surface area contributed by atoms with E-state index in [9.17, 15) is 4.79 Å². The maximum atomic E-state index is 12.8. The smallest absolute Gasteiger partial charge is 0.255 e. The summed E-state index contributed by atoms with van der Waals surface area (Å²) in [5.41, 5.74) is 1.24. The molecule has 0 unspecified atom stereocenters. The van der Waals surface area contributed by atoms with Crippen LogP contribution in [0.5, 0.6) is 5.75 Å². The molecule has 2 N–H and O–H groups in total. The van der Waals surface area contributed by atoms with Crippen molar-refractivity contribution in [1.29, 1.82) is 0 Å². The minimum atomic E-state index is -0.109. The first-order valence-corrected chi connectivity index (χ1v) is 10.6. The maximum absolute atomic E-state index is 12.8. The van der Waals surface area contributed by atoms with Gasteiger partial charge in [0, 0.05) is 38.8 Å². The highest BCUT2D eigenvalue weighted by atomic mass is 35.5. The molecule has 1 heterocycles. The van der Waals surface area contributed by atoms with Gasteiger partial charge in [-0.1, -0.05) is 30.9 Å². The number of rotatable bonds is 6. The quantitative estimate of drug-likeness (QED) is 0.761. The molecule has 1 aromatic carbocycles. The van der Waals surface area contributed by atoms with Crippen LogP contribution in [-0.2, 0) is 0 Å². The van der Waals surface area contributed by atoms with Crippen molar-refractivity contribution in [1.82, 2.24) is 10.2 Å². The Morgan fingerprint density at radius 1 is 1.19 bits per heavy atom. The van der Waals surface area contributed by atoms with Crippen LogP contribution in [0.2, 0.25) is 5.02 Å². The fourth-order valence-corrected chi connectivity index (χ4v) is 4.61. The molecule has 2 fully saturated rings. The van der Waals surface area contributed by atoms with Crippen LogP contribution in [0.1, 0.15) is 55.3 Å². The van der Waals surface area contributed by atoms with Gasteiger partial charge in [0.05, 0.1) is 23.4 Å². The number of halogens is 1. The SMILES string of the molecule is CNc1cc(OC)c(C(=O)NC2CCN(CC3CCCCC3)CC2)cc1Cl. The van der Waals surface area contributed by atoms with Crippen molar-refractivity contribution < 1.29 is 9.53 Å². The lowest BCUT2D eigenvalue weighted by atomic mass is 9.88. The van der Waals surface area contributed by atoms with Crippen LogP contribution in [0.4, 0.5) is 5.69 Å². The van der Waals surface area contributed by atoms with Crippen molar-refractivity contribution in [3.63, 3.8) is 0 Å². The standard InChI is InChI=1S/C21H32ClN3O2/c1-23-19-13-20(27-2)17(12-18(19)22)21(26)24-16-8-10-25(11-9-16)14-15-6-4-3-5-7-15/h12-13,15-16,23H,3-11,14H2,1-2H3,(H,24,26). The summed E-state index contributed by atoms with van der Waals surface area (Å²) < 4.78 is 5.39. The predicted molar refractivity (Wildman–Crippen MR) is 111 cm³/mol. The third kappa shape index (κ3) is 5.29. The summed E-state index contributed by atoms with van der Waals surface area (Å²) in [6.45, 7) is 3.37. The van der Waals surface area contributed by atoms with Gasteiger partial charge >= 0.3 is 0 Å². The van der Waals surface area contributed by atoms with Gasteiger partial charge in [0.1, 0.15) is 5.75 Å². The molecule has 1 saturated heterocycles.